The number of hydrogen-bond acceptors (Lipinski definition) is 3. The highest BCUT2D eigenvalue weighted by Gasteiger charge is 2.30. The molecule has 1 fully saturated rings. The van der Waals surface area contributed by atoms with E-state index in [1.165, 1.54) is 12.8 Å². The molecule has 1 heterocycles. The third-order valence-electron chi connectivity index (χ3n) is 3.35. The van der Waals surface area contributed by atoms with Crippen molar-refractivity contribution in [3.8, 4) is 0 Å². The van der Waals surface area contributed by atoms with E-state index in [-0.39, 0.29) is 0 Å². The van der Waals surface area contributed by atoms with Gasteiger partial charge >= 0.3 is 0 Å². The van der Waals surface area contributed by atoms with Crippen LogP contribution in [0.5, 0.6) is 0 Å². The SMILES string of the molecule is CC(C1CC1)N(C)Cc1cc(CN)co1. The van der Waals surface area contributed by atoms with Gasteiger partial charge in [-0.2, -0.15) is 0 Å². The minimum absolute atomic E-state index is 0.561. The highest BCUT2D eigenvalue weighted by molar-refractivity contribution is 5.12. The van der Waals surface area contributed by atoms with E-state index in [1.54, 1.807) is 6.26 Å². The molecule has 2 rings (SSSR count). The Balaban J connectivity index is 1.89. The second-order valence-electron chi connectivity index (χ2n) is 4.62. The van der Waals surface area contributed by atoms with E-state index in [0.717, 1.165) is 23.8 Å². The highest BCUT2D eigenvalue weighted by atomic mass is 16.3. The van der Waals surface area contributed by atoms with Gasteiger partial charge in [0.2, 0.25) is 0 Å². The van der Waals surface area contributed by atoms with Gasteiger partial charge in [-0.1, -0.05) is 0 Å². The molecule has 1 saturated carbocycles. The maximum Gasteiger partial charge on any atom is 0.118 e. The van der Waals surface area contributed by atoms with E-state index in [1.807, 2.05) is 0 Å². The average Bonchev–Trinajstić information content (AvgIpc) is 2.98. The van der Waals surface area contributed by atoms with Crippen LogP contribution in [-0.4, -0.2) is 18.0 Å². The number of hydrogen-bond donors (Lipinski definition) is 1. The minimum Gasteiger partial charge on any atom is -0.468 e. The van der Waals surface area contributed by atoms with Gasteiger partial charge in [0, 0.05) is 18.2 Å². The van der Waals surface area contributed by atoms with Crippen LogP contribution in [0.25, 0.3) is 0 Å². The zero-order valence-electron chi connectivity index (χ0n) is 9.57. The van der Waals surface area contributed by atoms with Gasteiger partial charge in [0.05, 0.1) is 12.8 Å². The molecule has 0 bridgehead atoms. The lowest BCUT2D eigenvalue weighted by Crippen LogP contribution is -2.29. The van der Waals surface area contributed by atoms with Crippen LogP contribution in [0.4, 0.5) is 0 Å². The van der Waals surface area contributed by atoms with Gasteiger partial charge in [-0.05, 0) is 38.8 Å². The molecular formula is C12H20N2O. The Labute approximate surface area is 91.2 Å². The monoisotopic (exact) mass is 208 g/mol. The molecule has 1 aromatic rings. The van der Waals surface area contributed by atoms with Gasteiger partial charge < -0.3 is 10.2 Å². The van der Waals surface area contributed by atoms with E-state index < -0.39 is 0 Å². The summed E-state index contributed by atoms with van der Waals surface area (Å²) in [5.74, 6) is 1.92. The Kier molecular flexibility index (Phi) is 3.12. The van der Waals surface area contributed by atoms with E-state index >= 15 is 0 Å². The fourth-order valence-corrected chi connectivity index (χ4v) is 1.94. The zero-order valence-corrected chi connectivity index (χ0v) is 9.57. The van der Waals surface area contributed by atoms with Crippen LogP contribution < -0.4 is 5.73 Å². The zero-order chi connectivity index (χ0) is 10.8. The maximum atomic E-state index is 5.54. The second kappa shape index (κ2) is 4.37. The first kappa shape index (κ1) is 10.7. The van der Waals surface area contributed by atoms with Gasteiger partial charge in [0.25, 0.3) is 0 Å². The molecule has 2 N–H and O–H groups in total. The van der Waals surface area contributed by atoms with Crippen molar-refractivity contribution >= 4 is 0 Å². The van der Waals surface area contributed by atoms with Crippen molar-refractivity contribution in [3.05, 3.63) is 23.7 Å². The lowest BCUT2D eigenvalue weighted by atomic mass is 10.2. The van der Waals surface area contributed by atoms with Crippen molar-refractivity contribution in [2.75, 3.05) is 7.05 Å². The van der Waals surface area contributed by atoms with E-state index in [9.17, 15) is 0 Å². The number of nitrogens with two attached hydrogens (primary N) is 1. The van der Waals surface area contributed by atoms with Gasteiger partial charge in [-0.15, -0.1) is 0 Å². The Morgan fingerprint density at radius 1 is 1.60 bits per heavy atom. The van der Waals surface area contributed by atoms with Crippen LogP contribution in [0.15, 0.2) is 16.7 Å². The van der Waals surface area contributed by atoms with Crippen molar-refractivity contribution in [2.24, 2.45) is 11.7 Å². The molecule has 0 aliphatic heterocycles. The molecule has 1 atom stereocenters. The molecule has 1 aliphatic carbocycles. The van der Waals surface area contributed by atoms with Crippen molar-refractivity contribution in [1.82, 2.24) is 4.90 Å². The summed E-state index contributed by atoms with van der Waals surface area (Å²) in [6.45, 7) is 3.74. The van der Waals surface area contributed by atoms with Crippen LogP contribution in [0.3, 0.4) is 0 Å². The first-order valence-electron chi connectivity index (χ1n) is 5.67. The van der Waals surface area contributed by atoms with Crippen molar-refractivity contribution in [3.63, 3.8) is 0 Å². The molecule has 15 heavy (non-hydrogen) atoms. The molecule has 0 amide bonds. The van der Waals surface area contributed by atoms with E-state index in [4.69, 9.17) is 10.2 Å². The van der Waals surface area contributed by atoms with Crippen LogP contribution in [-0.2, 0) is 13.1 Å². The largest absolute Gasteiger partial charge is 0.468 e. The van der Waals surface area contributed by atoms with Crippen molar-refractivity contribution in [1.29, 1.82) is 0 Å². The first-order chi connectivity index (χ1) is 7.20. The Morgan fingerprint density at radius 3 is 2.87 bits per heavy atom. The highest BCUT2D eigenvalue weighted by Crippen LogP contribution is 2.35. The molecule has 0 aromatic carbocycles. The van der Waals surface area contributed by atoms with E-state index in [2.05, 4.69) is 24.9 Å². The fourth-order valence-electron chi connectivity index (χ4n) is 1.94. The van der Waals surface area contributed by atoms with Gasteiger partial charge in [0.1, 0.15) is 5.76 Å². The van der Waals surface area contributed by atoms with Gasteiger partial charge in [-0.3, -0.25) is 4.90 Å². The second-order valence-corrected chi connectivity index (χ2v) is 4.62. The quantitative estimate of drug-likeness (QED) is 0.804. The third-order valence-corrected chi connectivity index (χ3v) is 3.35. The first-order valence-corrected chi connectivity index (χ1v) is 5.67. The predicted octanol–water partition coefficient (Wildman–Crippen LogP) is 1.97. The van der Waals surface area contributed by atoms with Crippen molar-refractivity contribution < 1.29 is 4.42 Å². The number of nitrogens with zero attached hydrogens (tertiary/aromatic N) is 1. The molecule has 1 unspecified atom stereocenters. The van der Waals surface area contributed by atoms with E-state index in [0.29, 0.717) is 12.6 Å². The Bertz CT molecular complexity index is 317. The summed E-state index contributed by atoms with van der Waals surface area (Å²) in [7, 11) is 2.16. The predicted molar refractivity (Wildman–Crippen MR) is 60.3 cm³/mol. The molecule has 1 aliphatic rings. The minimum atomic E-state index is 0.561. The smallest absolute Gasteiger partial charge is 0.118 e. The summed E-state index contributed by atoms with van der Waals surface area (Å²) in [4.78, 5) is 2.36. The van der Waals surface area contributed by atoms with Gasteiger partial charge in [-0.25, -0.2) is 0 Å². The summed E-state index contributed by atoms with van der Waals surface area (Å²) in [5.41, 5.74) is 6.62. The summed E-state index contributed by atoms with van der Waals surface area (Å²) in [6, 6.07) is 2.72. The molecule has 1 aromatic heterocycles. The Morgan fingerprint density at radius 2 is 2.33 bits per heavy atom. The fraction of sp³-hybridized carbons (Fsp3) is 0.667. The topological polar surface area (TPSA) is 42.4 Å². The third kappa shape index (κ3) is 2.61. The van der Waals surface area contributed by atoms with Crippen molar-refractivity contribution in [2.45, 2.75) is 38.9 Å². The Hall–Kier alpha value is -0.800. The van der Waals surface area contributed by atoms with Crippen LogP contribution in [0.2, 0.25) is 0 Å². The summed E-state index contributed by atoms with van der Waals surface area (Å²) in [5, 5.41) is 0. The molecule has 84 valence electrons. The molecular weight excluding hydrogens is 188 g/mol. The normalized spacial score (nSPS) is 18.4. The lowest BCUT2D eigenvalue weighted by Gasteiger charge is -2.23. The maximum absolute atomic E-state index is 5.54. The van der Waals surface area contributed by atoms with Crippen LogP contribution >= 0.6 is 0 Å². The van der Waals surface area contributed by atoms with Crippen LogP contribution in [0, 0.1) is 5.92 Å². The van der Waals surface area contributed by atoms with Crippen LogP contribution in [0.1, 0.15) is 31.1 Å². The molecule has 0 spiro atoms. The average molecular weight is 208 g/mol. The van der Waals surface area contributed by atoms with Gasteiger partial charge in [0.15, 0.2) is 0 Å². The summed E-state index contributed by atoms with van der Waals surface area (Å²) < 4.78 is 5.45. The lowest BCUT2D eigenvalue weighted by molar-refractivity contribution is 0.210. The summed E-state index contributed by atoms with van der Waals surface area (Å²) >= 11 is 0. The molecule has 0 radical (unpaired) electrons. The molecule has 0 saturated heterocycles. The number of furan rings is 1. The standard InChI is InChI=1S/C12H20N2O/c1-9(11-3-4-11)14(2)7-12-5-10(6-13)8-15-12/h5,8-9,11H,3-4,6-7,13H2,1-2H3. The number of rotatable bonds is 5. The summed E-state index contributed by atoms with van der Waals surface area (Å²) in [6.07, 6.45) is 4.53. The molecule has 3 heteroatoms. The molecule has 3 nitrogen and oxygen atoms in total.